The first kappa shape index (κ1) is 17.6. The summed E-state index contributed by atoms with van der Waals surface area (Å²) >= 11 is 1.39. The van der Waals surface area contributed by atoms with Gasteiger partial charge in [-0.3, -0.25) is 9.78 Å². The fourth-order valence-electron chi connectivity index (χ4n) is 2.33. The molecule has 3 aromatic rings. The number of fused-ring (bicyclic) bond motifs is 1. The van der Waals surface area contributed by atoms with Gasteiger partial charge in [0.2, 0.25) is 0 Å². The SMILES string of the molecule is O=c1[nH]c(-c2ccccn2)nc2ccsc12.OC[C@H]1OCC(O)C1O. The summed E-state index contributed by atoms with van der Waals surface area (Å²) in [6.07, 6.45) is -0.676. The van der Waals surface area contributed by atoms with Crippen molar-refractivity contribution in [1.29, 1.82) is 0 Å². The number of hydrogen-bond acceptors (Lipinski definition) is 8. The average Bonchev–Trinajstić information content (AvgIpc) is 3.24. The molecule has 0 saturated carbocycles. The number of aromatic nitrogens is 3. The molecular formula is C16H17N3O5S. The van der Waals surface area contributed by atoms with Crippen LogP contribution in [0.4, 0.5) is 0 Å². The molecule has 1 saturated heterocycles. The first-order valence-corrected chi connectivity index (χ1v) is 8.45. The summed E-state index contributed by atoms with van der Waals surface area (Å²) in [5.41, 5.74) is 1.28. The van der Waals surface area contributed by atoms with Crippen LogP contribution in [0.2, 0.25) is 0 Å². The number of H-pyrrole nitrogens is 1. The molecule has 9 heteroatoms. The van der Waals surface area contributed by atoms with E-state index in [1.807, 2.05) is 29.6 Å². The maximum Gasteiger partial charge on any atom is 0.269 e. The van der Waals surface area contributed by atoms with Gasteiger partial charge in [0, 0.05) is 6.20 Å². The number of aromatic amines is 1. The van der Waals surface area contributed by atoms with Crippen molar-refractivity contribution < 1.29 is 20.1 Å². The van der Waals surface area contributed by atoms with E-state index < -0.39 is 18.3 Å². The number of hydrogen-bond donors (Lipinski definition) is 4. The summed E-state index contributed by atoms with van der Waals surface area (Å²) in [7, 11) is 0. The Hall–Kier alpha value is -2.17. The smallest absolute Gasteiger partial charge is 0.269 e. The lowest BCUT2D eigenvalue weighted by atomic mass is 10.2. The standard InChI is InChI=1S/C11H7N3OS.C5H10O4/c15-11-9-7(4-6-16-9)13-10(14-11)8-3-1-2-5-12-8;6-1-4-5(8)3(7)2-9-4/h1-6H,(H,13,14,15);3-8H,1-2H2/t;3?,4-,5?/m.1/s1. The summed E-state index contributed by atoms with van der Waals surface area (Å²) in [5, 5.41) is 28.0. The van der Waals surface area contributed by atoms with Crippen LogP contribution in [-0.4, -0.2) is 61.8 Å². The van der Waals surface area contributed by atoms with Crippen molar-refractivity contribution in [1.82, 2.24) is 15.0 Å². The summed E-state index contributed by atoms with van der Waals surface area (Å²) in [6, 6.07) is 7.34. The Morgan fingerprint density at radius 3 is 2.76 bits per heavy atom. The highest BCUT2D eigenvalue weighted by Crippen LogP contribution is 2.17. The molecule has 2 unspecified atom stereocenters. The molecule has 1 fully saturated rings. The summed E-state index contributed by atoms with van der Waals surface area (Å²) < 4.78 is 5.43. The zero-order valence-electron chi connectivity index (χ0n) is 13.1. The highest BCUT2D eigenvalue weighted by Gasteiger charge is 2.33. The number of nitrogens with zero attached hydrogens (tertiary/aromatic N) is 2. The van der Waals surface area contributed by atoms with Crippen LogP contribution >= 0.6 is 11.3 Å². The largest absolute Gasteiger partial charge is 0.394 e. The van der Waals surface area contributed by atoms with Gasteiger partial charge in [-0.05, 0) is 23.6 Å². The third-order valence-electron chi connectivity index (χ3n) is 3.66. The molecular weight excluding hydrogens is 346 g/mol. The van der Waals surface area contributed by atoms with Crippen molar-refractivity contribution in [2.75, 3.05) is 13.2 Å². The Kier molecular flexibility index (Phi) is 5.51. The molecule has 4 N–H and O–H groups in total. The van der Waals surface area contributed by atoms with Gasteiger partial charge in [-0.15, -0.1) is 11.3 Å². The molecule has 4 rings (SSSR count). The fraction of sp³-hybridized carbons (Fsp3) is 0.312. The van der Waals surface area contributed by atoms with Crippen molar-refractivity contribution in [2.45, 2.75) is 18.3 Å². The molecule has 1 aliphatic rings. The minimum atomic E-state index is -0.921. The van der Waals surface area contributed by atoms with Crippen LogP contribution in [-0.2, 0) is 4.74 Å². The molecule has 0 amide bonds. The van der Waals surface area contributed by atoms with E-state index in [9.17, 15) is 4.79 Å². The molecule has 0 bridgehead atoms. The van der Waals surface area contributed by atoms with Gasteiger partial charge in [0.05, 0.1) is 18.7 Å². The van der Waals surface area contributed by atoms with Gasteiger partial charge in [-0.25, -0.2) is 4.98 Å². The highest BCUT2D eigenvalue weighted by molar-refractivity contribution is 7.17. The van der Waals surface area contributed by atoms with Gasteiger partial charge in [0.1, 0.15) is 28.7 Å². The first-order valence-electron chi connectivity index (χ1n) is 7.57. The van der Waals surface area contributed by atoms with E-state index in [0.717, 1.165) is 5.52 Å². The van der Waals surface area contributed by atoms with Crippen molar-refractivity contribution >= 4 is 21.6 Å². The Bertz CT molecular complexity index is 882. The van der Waals surface area contributed by atoms with Gasteiger partial charge in [0.15, 0.2) is 5.82 Å². The normalized spacial score (nSPS) is 22.6. The van der Waals surface area contributed by atoms with E-state index in [-0.39, 0.29) is 18.8 Å². The van der Waals surface area contributed by atoms with E-state index in [1.165, 1.54) is 11.3 Å². The van der Waals surface area contributed by atoms with Crippen LogP contribution < -0.4 is 5.56 Å². The lowest BCUT2D eigenvalue weighted by Crippen LogP contribution is -2.31. The predicted molar refractivity (Wildman–Crippen MR) is 92.3 cm³/mol. The van der Waals surface area contributed by atoms with Gasteiger partial charge < -0.3 is 25.0 Å². The summed E-state index contributed by atoms with van der Waals surface area (Å²) in [6.45, 7) is -0.120. The van der Waals surface area contributed by atoms with Gasteiger partial charge in [-0.2, -0.15) is 0 Å². The van der Waals surface area contributed by atoms with Crippen LogP contribution in [0.1, 0.15) is 0 Å². The molecule has 0 radical (unpaired) electrons. The van der Waals surface area contributed by atoms with Crippen LogP contribution in [0.15, 0.2) is 40.6 Å². The average molecular weight is 363 g/mol. The molecule has 4 heterocycles. The second-order valence-corrected chi connectivity index (χ2v) is 6.29. The quantitative estimate of drug-likeness (QED) is 0.510. The second kappa shape index (κ2) is 7.81. The van der Waals surface area contributed by atoms with E-state index in [0.29, 0.717) is 16.2 Å². The number of nitrogens with one attached hydrogen (secondary N) is 1. The number of ether oxygens (including phenoxy) is 1. The minimum absolute atomic E-state index is 0.111. The van der Waals surface area contributed by atoms with Gasteiger partial charge >= 0.3 is 0 Å². The van der Waals surface area contributed by atoms with Crippen LogP contribution in [0.25, 0.3) is 21.7 Å². The predicted octanol–water partition coefficient (Wildman–Crippen LogP) is 0.146. The maximum absolute atomic E-state index is 11.7. The third kappa shape index (κ3) is 3.91. The highest BCUT2D eigenvalue weighted by atomic mass is 32.1. The molecule has 0 aliphatic carbocycles. The van der Waals surface area contributed by atoms with E-state index in [2.05, 4.69) is 15.0 Å². The molecule has 1 aliphatic heterocycles. The Morgan fingerprint density at radius 1 is 1.32 bits per heavy atom. The van der Waals surface area contributed by atoms with Crippen molar-refractivity contribution in [3.63, 3.8) is 0 Å². The Morgan fingerprint density at radius 2 is 2.16 bits per heavy atom. The van der Waals surface area contributed by atoms with Crippen LogP contribution in [0, 0.1) is 0 Å². The zero-order valence-corrected chi connectivity index (χ0v) is 13.9. The van der Waals surface area contributed by atoms with Gasteiger partial charge in [0.25, 0.3) is 5.56 Å². The third-order valence-corrected chi connectivity index (χ3v) is 4.56. The minimum Gasteiger partial charge on any atom is -0.394 e. The molecule has 25 heavy (non-hydrogen) atoms. The molecule has 8 nitrogen and oxygen atoms in total. The number of rotatable bonds is 2. The number of aliphatic hydroxyl groups is 3. The summed E-state index contributed by atoms with van der Waals surface area (Å²) in [4.78, 5) is 23.0. The van der Waals surface area contributed by atoms with E-state index in [1.54, 1.807) is 6.20 Å². The maximum atomic E-state index is 11.7. The van der Waals surface area contributed by atoms with E-state index >= 15 is 0 Å². The Balaban J connectivity index is 0.000000173. The molecule has 3 atom stereocenters. The van der Waals surface area contributed by atoms with E-state index in [4.69, 9.17) is 20.1 Å². The number of pyridine rings is 1. The lowest BCUT2D eigenvalue weighted by Gasteiger charge is -2.10. The number of aliphatic hydroxyl groups excluding tert-OH is 3. The first-order chi connectivity index (χ1) is 12.1. The van der Waals surface area contributed by atoms with Crippen molar-refractivity contribution in [3.05, 3.63) is 46.2 Å². The fourth-order valence-corrected chi connectivity index (χ4v) is 3.05. The molecule has 0 spiro atoms. The summed E-state index contributed by atoms with van der Waals surface area (Å²) in [5.74, 6) is 0.511. The monoisotopic (exact) mass is 363 g/mol. The molecule has 0 aromatic carbocycles. The molecule has 3 aromatic heterocycles. The van der Waals surface area contributed by atoms with Crippen molar-refractivity contribution in [3.8, 4) is 11.5 Å². The van der Waals surface area contributed by atoms with Gasteiger partial charge in [-0.1, -0.05) is 6.07 Å². The lowest BCUT2D eigenvalue weighted by molar-refractivity contribution is -0.00588. The topological polar surface area (TPSA) is 129 Å². The van der Waals surface area contributed by atoms with Crippen molar-refractivity contribution in [2.24, 2.45) is 0 Å². The Labute approximate surface area is 146 Å². The molecule has 132 valence electrons. The van der Waals surface area contributed by atoms with Crippen LogP contribution in [0.5, 0.6) is 0 Å². The number of thiophene rings is 1. The van der Waals surface area contributed by atoms with Crippen LogP contribution in [0.3, 0.4) is 0 Å². The second-order valence-electron chi connectivity index (χ2n) is 5.38. The zero-order chi connectivity index (χ0) is 17.8.